The molecule has 1 atom stereocenters. The van der Waals surface area contributed by atoms with Crippen LogP contribution in [0.4, 0.5) is 0 Å². The van der Waals surface area contributed by atoms with E-state index in [1.165, 1.54) is 24.0 Å². The molecule has 0 spiro atoms. The van der Waals surface area contributed by atoms with Crippen LogP contribution < -0.4 is 10.6 Å². The van der Waals surface area contributed by atoms with Crippen LogP contribution in [0.25, 0.3) is 0 Å². The molecule has 0 saturated carbocycles. The average Bonchev–Trinajstić information content (AvgIpc) is 3.22. The van der Waals surface area contributed by atoms with Gasteiger partial charge in [0.2, 0.25) is 0 Å². The Balaban J connectivity index is 0.00000261. The van der Waals surface area contributed by atoms with Crippen molar-refractivity contribution in [2.45, 2.75) is 31.3 Å². The van der Waals surface area contributed by atoms with Gasteiger partial charge in [0.05, 0.1) is 6.10 Å². The normalized spacial score (nSPS) is 16.8. The summed E-state index contributed by atoms with van der Waals surface area (Å²) in [5.74, 6) is 1.13. The van der Waals surface area contributed by atoms with Gasteiger partial charge in [-0.15, -0.1) is 24.0 Å². The van der Waals surface area contributed by atoms with Gasteiger partial charge in [-0.1, -0.05) is 60.7 Å². The molecule has 4 nitrogen and oxygen atoms in total. The maximum absolute atomic E-state index is 5.68. The number of nitrogens with one attached hydrogen (secondary N) is 2. The molecule has 0 bridgehead atoms. The zero-order valence-electron chi connectivity index (χ0n) is 15.9. The molecule has 1 aliphatic heterocycles. The van der Waals surface area contributed by atoms with Crippen molar-refractivity contribution in [2.24, 2.45) is 4.99 Å². The van der Waals surface area contributed by atoms with Crippen LogP contribution in [-0.4, -0.2) is 38.8 Å². The van der Waals surface area contributed by atoms with Crippen LogP contribution in [0, 0.1) is 0 Å². The van der Waals surface area contributed by atoms with Crippen molar-refractivity contribution in [3.05, 3.63) is 71.8 Å². The van der Waals surface area contributed by atoms with E-state index in [0.29, 0.717) is 6.10 Å². The fourth-order valence-electron chi connectivity index (χ4n) is 3.44. The predicted molar refractivity (Wildman–Crippen MR) is 123 cm³/mol. The topological polar surface area (TPSA) is 45.7 Å². The number of hydrogen-bond acceptors (Lipinski definition) is 2. The Hall–Kier alpha value is -1.60. The third-order valence-electron chi connectivity index (χ3n) is 4.88. The maximum atomic E-state index is 5.68. The molecular formula is C22H30IN3O. The number of nitrogens with zero attached hydrogens (tertiary/aromatic N) is 1. The van der Waals surface area contributed by atoms with E-state index in [2.05, 4.69) is 76.3 Å². The van der Waals surface area contributed by atoms with E-state index in [9.17, 15) is 0 Å². The Labute approximate surface area is 179 Å². The minimum atomic E-state index is 0. The molecule has 2 N–H and O–H groups in total. The van der Waals surface area contributed by atoms with Crippen molar-refractivity contribution in [3.63, 3.8) is 0 Å². The molecule has 0 aliphatic carbocycles. The second-order valence-corrected chi connectivity index (χ2v) is 6.68. The third kappa shape index (κ3) is 6.81. The summed E-state index contributed by atoms with van der Waals surface area (Å²) in [5.41, 5.74) is 2.61. The Morgan fingerprint density at radius 3 is 2.19 bits per heavy atom. The lowest BCUT2D eigenvalue weighted by Gasteiger charge is -2.21. The van der Waals surface area contributed by atoms with E-state index < -0.39 is 0 Å². The van der Waals surface area contributed by atoms with Crippen LogP contribution in [0.5, 0.6) is 0 Å². The summed E-state index contributed by atoms with van der Waals surface area (Å²) in [6.45, 7) is 2.59. The number of benzene rings is 2. The number of ether oxygens (including phenoxy) is 1. The van der Waals surface area contributed by atoms with Gasteiger partial charge >= 0.3 is 0 Å². The number of aliphatic imine (C=N–C) groups is 1. The van der Waals surface area contributed by atoms with Crippen molar-refractivity contribution in [1.29, 1.82) is 0 Å². The monoisotopic (exact) mass is 479 g/mol. The molecule has 0 amide bonds. The van der Waals surface area contributed by atoms with Gasteiger partial charge in [-0.3, -0.25) is 4.99 Å². The lowest BCUT2D eigenvalue weighted by atomic mass is 9.91. The Bertz CT molecular complexity index is 633. The number of hydrogen-bond donors (Lipinski definition) is 2. The quantitative estimate of drug-likeness (QED) is 0.356. The van der Waals surface area contributed by atoms with Gasteiger partial charge in [-0.2, -0.15) is 0 Å². The highest BCUT2D eigenvalue weighted by Gasteiger charge is 2.16. The second-order valence-electron chi connectivity index (χ2n) is 6.68. The van der Waals surface area contributed by atoms with Gasteiger partial charge in [0.1, 0.15) is 0 Å². The van der Waals surface area contributed by atoms with Crippen LogP contribution in [0.15, 0.2) is 65.7 Å². The summed E-state index contributed by atoms with van der Waals surface area (Å²) in [5, 5.41) is 6.90. The van der Waals surface area contributed by atoms with E-state index >= 15 is 0 Å². The number of guanidine groups is 1. The highest BCUT2D eigenvalue weighted by Crippen LogP contribution is 2.23. The third-order valence-corrected chi connectivity index (χ3v) is 4.88. The zero-order chi connectivity index (χ0) is 18.0. The van der Waals surface area contributed by atoms with Crippen LogP contribution in [0.1, 0.15) is 36.3 Å². The summed E-state index contributed by atoms with van der Waals surface area (Å²) in [7, 11) is 1.82. The largest absolute Gasteiger partial charge is 0.378 e. The summed E-state index contributed by atoms with van der Waals surface area (Å²) < 4.78 is 5.68. The minimum absolute atomic E-state index is 0. The van der Waals surface area contributed by atoms with E-state index in [-0.39, 0.29) is 29.9 Å². The lowest BCUT2D eigenvalue weighted by Crippen LogP contribution is -2.40. The van der Waals surface area contributed by atoms with Crippen LogP contribution in [0.2, 0.25) is 0 Å². The van der Waals surface area contributed by atoms with Gasteiger partial charge in [0.15, 0.2) is 5.96 Å². The lowest BCUT2D eigenvalue weighted by molar-refractivity contribution is 0.105. The second kappa shape index (κ2) is 12.0. The van der Waals surface area contributed by atoms with Crippen LogP contribution in [0.3, 0.4) is 0 Å². The summed E-state index contributed by atoms with van der Waals surface area (Å²) in [4.78, 5) is 4.37. The molecule has 146 valence electrons. The molecule has 1 aliphatic rings. The Kier molecular flexibility index (Phi) is 9.62. The molecule has 1 saturated heterocycles. The molecule has 0 radical (unpaired) electrons. The van der Waals surface area contributed by atoms with Crippen molar-refractivity contribution in [2.75, 3.05) is 26.7 Å². The summed E-state index contributed by atoms with van der Waals surface area (Å²) in [6.07, 6.45) is 3.80. The van der Waals surface area contributed by atoms with Gasteiger partial charge in [0, 0.05) is 32.7 Å². The number of halogens is 1. The average molecular weight is 479 g/mol. The molecule has 5 heteroatoms. The van der Waals surface area contributed by atoms with E-state index in [1.54, 1.807) is 0 Å². The first-order valence-corrected chi connectivity index (χ1v) is 9.53. The molecule has 0 aromatic heterocycles. The van der Waals surface area contributed by atoms with Crippen molar-refractivity contribution in [1.82, 2.24) is 10.6 Å². The smallest absolute Gasteiger partial charge is 0.191 e. The molecule has 2 aromatic carbocycles. The highest BCUT2D eigenvalue weighted by atomic mass is 127. The van der Waals surface area contributed by atoms with Crippen molar-refractivity contribution >= 4 is 29.9 Å². The Morgan fingerprint density at radius 1 is 1.04 bits per heavy atom. The zero-order valence-corrected chi connectivity index (χ0v) is 18.3. The van der Waals surface area contributed by atoms with Gasteiger partial charge in [0.25, 0.3) is 0 Å². The van der Waals surface area contributed by atoms with Gasteiger partial charge in [-0.25, -0.2) is 0 Å². The van der Waals surface area contributed by atoms with E-state index in [0.717, 1.165) is 32.1 Å². The molecular weight excluding hydrogens is 449 g/mol. The SMILES string of the molecule is CN=C(NCCC1CCCO1)NCC(c1ccccc1)c1ccccc1.I. The van der Waals surface area contributed by atoms with E-state index in [4.69, 9.17) is 4.74 Å². The summed E-state index contributed by atoms with van der Waals surface area (Å²) >= 11 is 0. The molecule has 1 unspecified atom stereocenters. The molecule has 27 heavy (non-hydrogen) atoms. The van der Waals surface area contributed by atoms with Crippen molar-refractivity contribution < 1.29 is 4.74 Å². The molecule has 1 heterocycles. The van der Waals surface area contributed by atoms with Gasteiger partial charge in [-0.05, 0) is 30.4 Å². The first kappa shape index (κ1) is 21.7. The minimum Gasteiger partial charge on any atom is -0.378 e. The van der Waals surface area contributed by atoms with E-state index in [1.807, 2.05) is 7.05 Å². The molecule has 1 fully saturated rings. The summed E-state index contributed by atoms with van der Waals surface area (Å²) in [6, 6.07) is 21.3. The van der Waals surface area contributed by atoms with Crippen LogP contribution in [-0.2, 0) is 4.74 Å². The van der Waals surface area contributed by atoms with Gasteiger partial charge < -0.3 is 15.4 Å². The fourth-order valence-corrected chi connectivity index (χ4v) is 3.44. The first-order chi connectivity index (χ1) is 12.9. The first-order valence-electron chi connectivity index (χ1n) is 9.53. The molecule has 3 rings (SSSR count). The van der Waals surface area contributed by atoms with Crippen molar-refractivity contribution in [3.8, 4) is 0 Å². The maximum Gasteiger partial charge on any atom is 0.191 e. The standard InChI is InChI=1S/C22H29N3O.HI/c1-23-22(24-15-14-20-13-8-16-26-20)25-17-21(18-9-4-2-5-10-18)19-11-6-3-7-12-19;/h2-7,9-12,20-21H,8,13-17H2,1H3,(H2,23,24,25);1H. The highest BCUT2D eigenvalue weighted by molar-refractivity contribution is 14.0. The molecule has 2 aromatic rings. The number of rotatable bonds is 7. The Morgan fingerprint density at radius 2 is 1.67 bits per heavy atom. The predicted octanol–water partition coefficient (Wildman–Crippen LogP) is 4.17. The van der Waals surface area contributed by atoms with Crippen LogP contribution >= 0.6 is 24.0 Å². The fraction of sp³-hybridized carbons (Fsp3) is 0.409.